The smallest absolute Gasteiger partial charge is 0.250 e. The van der Waals surface area contributed by atoms with E-state index >= 15 is 0 Å². The number of primary amides is 1. The highest BCUT2D eigenvalue weighted by molar-refractivity contribution is 6.09. The van der Waals surface area contributed by atoms with Crippen LogP contribution in [0.4, 0.5) is 5.69 Å². The molecule has 0 aliphatic rings. The number of benzene rings is 2. The minimum Gasteiger partial charge on any atom is -0.366 e. The van der Waals surface area contributed by atoms with Crippen molar-refractivity contribution in [2.24, 2.45) is 11.5 Å². The second kappa shape index (κ2) is 6.62. The number of aromatic nitrogens is 1. The van der Waals surface area contributed by atoms with Crippen molar-refractivity contribution in [2.75, 3.05) is 5.32 Å². The first-order valence-corrected chi connectivity index (χ1v) is 7.72. The van der Waals surface area contributed by atoms with Crippen molar-refractivity contribution in [3.8, 4) is 11.1 Å². The van der Waals surface area contributed by atoms with Crippen LogP contribution < -0.4 is 16.8 Å². The van der Waals surface area contributed by atoms with Crippen LogP contribution in [0.5, 0.6) is 0 Å². The largest absolute Gasteiger partial charge is 0.366 e. The zero-order valence-corrected chi connectivity index (χ0v) is 13.5. The van der Waals surface area contributed by atoms with Gasteiger partial charge in [-0.05, 0) is 41.0 Å². The third kappa shape index (κ3) is 2.90. The summed E-state index contributed by atoms with van der Waals surface area (Å²) in [5, 5.41) is 3.63. The fourth-order valence-corrected chi connectivity index (χ4v) is 2.96. The van der Waals surface area contributed by atoms with E-state index in [0.29, 0.717) is 16.8 Å². The number of fused-ring (bicyclic) bond motifs is 1. The number of H-pyrrole nitrogens is 1. The third-order valence-electron chi connectivity index (χ3n) is 4.10. The molecular weight excluding hydrogens is 316 g/mol. The number of hydrogen-bond donors (Lipinski definition) is 4. The first kappa shape index (κ1) is 16.5. The monoisotopic (exact) mass is 334 g/mol. The lowest BCUT2D eigenvalue weighted by atomic mass is 9.94. The number of aromatic amines is 1. The molecule has 0 fully saturated rings. The Labute approximate surface area is 144 Å². The molecule has 0 saturated heterocycles. The van der Waals surface area contributed by atoms with Gasteiger partial charge in [-0.15, -0.1) is 0 Å². The Morgan fingerprint density at radius 2 is 1.96 bits per heavy atom. The molecule has 0 aliphatic heterocycles. The molecule has 0 bridgehead atoms. The molecule has 6 N–H and O–H groups in total. The van der Waals surface area contributed by atoms with E-state index in [-0.39, 0.29) is 12.5 Å². The fraction of sp³-hybridized carbons (Fsp3) is 0.0526. The van der Waals surface area contributed by atoms with E-state index in [9.17, 15) is 9.59 Å². The van der Waals surface area contributed by atoms with E-state index in [0.717, 1.165) is 22.1 Å². The Hall–Kier alpha value is -3.38. The molecule has 126 valence electrons. The molecule has 1 heterocycles. The first-order chi connectivity index (χ1) is 12.1. The van der Waals surface area contributed by atoms with Crippen LogP contribution in [-0.4, -0.2) is 16.8 Å². The first-order valence-electron chi connectivity index (χ1n) is 7.72. The summed E-state index contributed by atoms with van der Waals surface area (Å²) < 4.78 is 0. The van der Waals surface area contributed by atoms with Gasteiger partial charge < -0.3 is 21.8 Å². The van der Waals surface area contributed by atoms with Gasteiger partial charge in [-0.3, -0.25) is 9.59 Å². The number of anilines is 1. The Morgan fingerprint density at radius 3 is 2.64 bits per heavy atom. The van der Waals surface area contributed by atoms with Crippen LogP contribution in [0.2, 0.25) is 0 Å². The lowest BCUT2D eigenvalue weighted by Gasteiger charge is -2.15. The molecule has 0 unspecified atom stereocenters. The van der Waals surface area contributed by atoms with Crippen molar-refractivity contribution >= 4 is 28.4 Å². The molecule has 0 saturated carbocycles. The van der Waals surface area contributed by atoms with Crippen LogP contribution in [0.15, 0.2) is 55.3 Å². The topological polar surface area (TPSA) is 114 Å². The molecule has 2 amide bonds. The average Bonchev–Trinajstić information content (AvgIpc) is 3.10. The summed E-state index contributed by atoms with van der Waals surface area (Å²) in [5.74, 6) is -0.798. The highest BCUT2D eigenvalue weighted by atomic mass is 16.1. The summed E-state index contributed by atoms with van der Waals surface area (Å²) in [4.78, 5) is 26.3. The van der Waals surface area contributed by atoms with E-state index in [2.05, 4.69) is 16.9 Å². The molecule has 3 aromatic rings. The van der Waals surface area contributed by atoms with Crippen molar-refractivity contribution < 1.29 is 9.59 Å². The van der Waals surface area contributed by atoms with E-state index in [4.69, 9.17) is 11.5 Å². The Balaban J connectivity index is 2.22. The molecule has 1 aromatic heterocycles. The third-order valence-corrected chi connectivity index (χ3v) is 4.10. The van der Waals surface area contributed by atoms with Crippen molar-refractivity contribution in [1.29, 1.82) is 0 Å². The van der Waals surface area contributed by atoms with Gasteiger partial charge in [0.2, 0.25) is 5.91 Å². The van der Waals surface area contributed by atoms with Crippen LogP contribution in [-0.2, 0) is 11.3 Å². The number of carbonyl (C=O) groups excluding carboxylic acids is 2. The summed E-state index contributed by atoms with van der Waals surface area (Å²) in [7, 11) is 0. The predicted molar refractivity (Wildman–Crippen MR) is 99.0 cm³/mol. The van der Waals surface area contributed by atoms with E-state index in [1.807, 2.05) is 24.3 Å². The lowest BCUT2D eigenvalue weighted by molar-refractivity contribution is -0.111. The van der Waals surface area contributed by atoms with E-state index < -0.39 is 5.91 Å². The second-order valence-electron chi connectivity index (χ2n) is 5.52. The summed E-state index contributed by atoms with van der Waals surface area (Å²) in [6, 6.07) is 11.0. The van der Waals surface area contributed by atoms with Crippen LogP contribution >= 0.6 is 0 Å². The quantitative estimate of drug-likeness (QED) is 0.537. The number of nitrogens with two attached hydrogens (primary N) is 2. The van der Waals surface area contributed by atoms with E-state index in [1.54, 1.807) is 18.3 Å². The summed E-state index contributed by atoms with van der Waals surface area (Å²) in [6.07, 6.45) is 2.96. The fourth-order valence-electron chi connectivity index (χ4n) is 2.96. The molecular formula is C19H18N4O2. The van der Waals surface area contributed by atoms with Gasteiger partial charge in [0.05, 0.1) is 11.1 Å². The summed E-state index contributed by atoms with van der Waals surface area (Å²) >= 11 is 0. The summed E-state index contributed by atoms with van der Waals surface area (Å²) in [5.41, 5.74) is 15.7. The maximum Gasteiger partial charge on any atom is 0.250 e. The van der Waals surface area contributed by atoms with Gasteiger partial charge in [0.1, 0.15) is 0 Å². The minimum absolute atomic E-state index is 0.242. The van der Waals surface area contributed by atoms with Gasteiger partial charge in [-0.25, -0.2) is 0 Å². The van der Waals surface area contributed by atoms with Crippen molar-refractivity contribution in [2.45, 2.75) is 6.54 Å². The SMILES string of the molecule is C=CC(=O)Nc1cccc(-c2ccc(C(N)=O)c3[nH]ccc23)c1CN. The van der Waals surface area contributed by atoms with Crippen LogP contribution in [0.25, 0.3) is 22.0 Å². The molecule has 25 heavy (non-hydrogen) atoms. The Morgan fingerprint density at radius 1 is 1.16 bits per heavy atom. The second-order valence-corrected chi connectivity index (χ2v) is 5.52. The number of rotatable bonds is 5. The molecule has 0 aliphatic carbocycles. The molecule has 6 heteroatoms. The number of amides is 2. The highest BCUT2D eigenvalue weighted by Gasteiger charge is 2.16. The van der Waals surface area contributed by atoms with Gasteiger partial charge in [-0.1, -0.05) is 24.8 Å². The minimum atomic E-state index is -0.495. The van der Waals surface area contributed by atoms with Crippen LogP contribution in [0.3, 0.4) is 0 Å². The maximum atomic E-state index is 11.7. The van der Waals surface area contributed by atoms with Crippen molar-refractivity contribution in [3.05, 3.63) is 66.4 Å². The number of carbonyl (C=O) groups is 2. The normalized spacial score (nSPS) is 10.6. The van der Waals surface area contributed by atoms with E-state index in [1.165, 1.54) is 6.08 Å². The zero-order chi connectivity index (χ0) is 18.0. The van der Waals surface area contributed by atoms with Gasteiger partial charge in [0.15, 0.2) is 0 Å². The van der Waals surface area contributed by atoms with Gasteiger partial charge in [-0.2, -0.15) is 0 Å². The molecule has 0 spiro atoms. The average molecular weight is 334 g/mol. The van der Waals surface area contributed by atoms with Gasteiger partial charge in [0, 0.05) is 23.8 Å². The Kier molecular flexibility index (Phi) is 4.36. The van der Waals surface area contributed by atoms with Crippen LogP contribution in [0.1, 0.15) is 15.9 Å². The molecule has 0 atom stereocenters. The number of nitrogens with one attached hydrogen (secondary N) is 2. The van der Waals surface area contributed by atoms with Gasteiger partial charge in [0.25, 0.3) is 5.91 Å². The summed E-state index contributed by atoms with van der Waals surface area (Å²) in [6.45, 7) is 3.70. The number of hydrogen-bond acceptors (Lipinski definition) is 3. The zero-order valence-electron chi connectivity index (χ0n) is 13.5. The molecule has 2 aromatic carbocycles. The molecule has 6 nitrogen and oxygen atoms in total. The van der Waals surface area contributed by atoms with Crippen molar-refractivity contribution in [3.63, 3.8) is 0 Å². The molecule has 3 rings (SSSR count). The van der Waals surface area contributed by atoms with Gasteiger partial charge >= 0.3 is 0 Å². The Bertz CT molecular complexity index is 988. The standard InChI is InChI=1S/C19H18N4O2/c1-2-17(24)23-16-5-3-4-11(15(16)10-20)12-6-7-14(19(21)25)18-13(12)8-9-22-18/h2-9,22H,1,10,20H2,(H2,21,25)(H,23,24). The molecule has 0 radical (unpaired) electrons. The highest BCUT2D eigenvalue weighted by Crippen LogP contribution is 2.35. The van der Waals surface area contributed by atoms with Crippen LogP contribution in [0, 0.1) is 0 Å². The maximum absolute atomic E-state index is 11.7. The predicted octanol–water partition coefficient (Wildman–Crippen LogP) is 2.52. The van der Waals surface area contributed by atoms with Crippen molar-refractivity contribution in [1.82, 2.24) is 4.98 Å². The lowest BCUT2D eigenvalue weighted by Crippen LogP contribution is -2.13.